The Morgan fingerprint density at radius 2 is 1.96 bits per heavy atom. The quantitative estimate of drug-likeness (QED) is 0.910. The van der Waals surface area contributed by atoms with Gasteiger partial charge in [-0.2, -0.15) is 0 Å². The lowest BCUT2D eigenvalue weighted by atomic mass is 10.1. The van der Waals surface area contributed by atoms with Gasteiger partial charge in [0.1, 0.15) is 13.2 Å². The van der Waals surface area contributed by atoms with Gasteiger partial charge in [0.2, 0.25) is 5.91 Å². The third-order valence-electron chi connectivity index (χ3n) is 4.65. The highest BCUT2D eigenvalue weighted by Gasteiger charge is 2.44. The monoisotopic (exact) mass is 343 g/mol. The first-order valence-corrected chi connectivity index (χ1v) is 8.47. The van der Waals surface area contributed by atoms with Crippen molar-refractivity contribution in [3.63, 3.8) is 0 Å². The summed E-state index contributed by atoms with van der Waals surface area (Å²) in [6, 6.07) is 11.5. The van der Waals surface area contributed by atoms with E-state index in [0.717, 1.165) is 34.7 Å². The van der Waals surface area contributed by atoms with Crippen LogP contribution in [0.5, 0.6) is 11.5 Å². The van der Waals surface area contributed by atoms with E-state index in [1.165, 1.54) is 0 Å². The first kappa shape index (κ1) is 15.3. The number of anilines is 1. The predicted octanol–water partition coefficient (Wildman–Crippen LogP) is 4.16. The van der Waals surface area contributed by atoms with E-state index in [2.05, 4.69) is 5.32 Å². The number of hydrogen-bond donors (Lipinski definition) is 1. The van der Waals surface area contributed by atoms with Gasteiger partial charge >= 0.3 is 0 Å². The first-order chi connectivity index (χ1) is 11.6. The summed E-state index contributed by atoms with van der Waals surface area (Å²) in [4.78, 5) is 12.5. The number of ether oxygens (including phenoxy) is 2. The van der Waals surface area contributed by atoms with E-state index in [0.29, 0.717) is 18.2 Å². The average molecular weight is 344 g/mol. The highest BCUT2D eigenvalue weighted by atomic mass is 35.5. The highest BCUT2D eigenvalue weighted by Crippen LogP contribution is 2.49. The van der Waals surface area contributed by atoms with E-state index in [1.807, 2.05) is 43.3 Å². The normalized spacial score (nSPS) is 21.2. The highest BCUT2D eigenvalue weighted by molar-refractivity contribution is 6.31. The van der Waals surface area contributed by atoms with Crippen molar-refractivity contribution in [2.75, 3.05) is 18.5 Å². The molecule has 1 fully saturated rings. The van der Waals surface area contributed by atoms with Crippen LogP contribution in [0.25, 0.3) is 0 Å². The summed E-state index contributed by atoms with van der Waals surface area (Å²) in [5.41, 5.74) is 2.80. The Bertz CT molecular complexity index is 805. The van der Waals surface area contributed by atoms with E-state index in [4.69, 9.17) is 21.1 Å². The molecule has 0 radical (unpaired) electrons. The molecule has 1 aliphatic heterocycles. The van der Waals surface area contributed by atoms with Crippen LogP contribution in [0, 0.1) is 12.8 Å². The lowest BCUT2D eigenvalue weighted by Gasteiger charge is -2.18. The first-order valence-electron chi connectivity index (χ1n) is 8.09. The molecule has 0 saturated heterocycles. The Balaban J connectivity index is 1.46. The van der Waals surface area contributed by atoms with Gasteiger partial charge in [0, 0.05) is 16.6 Å². The van der Waals surface area contributed by atoms with Crippen molar-refractivity contribution in [2.24, 2.45) is 5.92 Å². The van der Waals surface area contributed by atoms with Gasteiger partial charge in [0.25, 0.3) is 0 Å². The molecule has 5 heteroatoms. The van der Waals surface area contributed by atoms with Gasteiger partial charge in [-0.1, -0.05) is 23.7 Å². The number of hydrogen-bond acceptors (Lipinski definition) is 3. The minimum Gasteiger partial charge on any atom is -0.486 e. The molecule has 2 aliphatic rings. The fourth-order valence-corrected chi connectivity index (χ4v) is 3.29. The maximum Gasteiger partial charge on any atom is 0.228 e. The summed E-state index contributed by atoms with van der Waals surface area (Å²) in [7, 11) is 0. The molecule has 1 aliphatic carbocycles. The Hall–Kier alpha value is -2.20. The van der Waals surface area contributed by atoms with E-state index in [9.17, 15) is 4.79 Å². The zero-order chi connectivity index (χ0) is 16.7. The summed E-state index contributed by atoms with van der Waals surface area (Å²) < 4.78 is 11.2. The van der Waals surface area contributed by atoms with Crippen LogP contribution in [0.3, 0.4) is 0 Å². The summed E-state index contributed by atoms with van der Waals surface area (Å²) >= 11 is 6.11. The van der Waals surface area contributed by atoms with E-state index >= 15 is 0 Å². The molecule has 1 amide bonds. The molecule has 24 heavy (non-hydrogen) atoms. The van der Waals surface area contributed by atoms with Crippen molar-refractivity contribution in [1.29, 1.82) is 0 Å². The second-order valence-electron chi connectivity index (χ2n) is 6.25. The number of carbonyl (C=O) groups excluding carboxylic acids is 1. The van der Waals surface area contributed by atoms with Crippen molar-refractivity contribution in [3.8, 4) is 11.5 Å². The fraction of sp³-hybridized carbons (Fsp3) is 0.316. The van der Waals surface area contributed by atoms with Gasteiger partial charge in [-0.3, -0.25) is 4.79 Å². The molecule has 2 aromatic carbocycles. The van der Waals surface area contributed by atoms with Gasteiger partial charge in [-0.05, 0) is 54.7 Å². The molecule has 4 rings (SSSR count). The summed E-state index contributed by atoms with van der Waals surface area (Å²) in [5, 5.41) is 3.65. The maximum atomic E-state index is 12.5. The number of benzene rings is 2. The molecular weight excluding hydrogens is 326 g/mol. The number of halogens is 1. The van der Waals surface area contributed by atoms with E-state index in [1.54, 1.807) is 0 Å². The minimum absolute atomic E-state index is 0.00839. The Morgan fingerprint density at radius 3 is 2.79 bits per heavy atom. The largest absolute Gasteiger partial charge is 0.486 e. The van der Waals surface area contributed by atoms with Crippen molar-refractivity contribution in [3.05, 3.63) is 52.5 Å². The van der Waals surface area contributed by atoms with Crippen molar-refractivity contribution < 1.29 is 14.3 Å². The summed E-state index contributed by atoms with van der Waals surface area (Å²) in [5.74, 6) is 1.82. The number of amides is 1. The SMILES string of the molecule is Cc1c(Cl)cccc1NC(=O)[C@H]1C[C@@H]1c1ccc2c(c1)OCCO2. The smallest absolute Gasteiger partial charge is 0.228 e. The predicted molar refractivity (Wildman–Crippen MR) is 93.1 cm³/mol. The van der Waals surface area contributed by atoms with Gasteiger partial charge in [0.15, 0.2) is 11.5 Å². The van der Waals surface area contributed by atoms with E-state index < -0.39 is 0 Å². The Labute approximate surface area is 145 Å². The topological polar surface area (TPSA) is 47.6 Å². The molecule has 124 valence electrons. The lowest BCUT2D eigenvalue weighted by molar-refractivity contribution is -0.117. The minimum atomic E-state index is -0.00839. The molecule has 0 unspecified atom stereocenters. The van der Waals surface area contributed by atoms with Gasteiger partial charge in [-0.15, -0.1) is 0 Å². The third kappa shape index (κ3) is 2.82. The van der Waals surface area contributed by atoms with Gasteiger partial charge in [0.05, 0.1) is 0 Å². The molecule has 1 saturated carbocycles. The van der Waals surface area contributed by atoms with Crippen LogP contribution in [0.15, 0.2) is 36.4 Å². The van der Waals surface area contributed by atoms with Gasteiger partial charge in [-0.25, -0.2) is 0 Å². The zero-order valence-corrected chi connectivity index (χ0v) is 14.1. The molecule has 4 nitrogen and oxygen atoms in total. The maximum absolute atomic E-state index is 12.5. The molecule has 2 aromatic rings. The molecule has 0 bridgehead atoms. The lowest BCUT2D eigenvalue weighted by Crippen LogP contribution is -2.16. The molecule has 0 aromatic heterocycles. The van der Waals surface area contributed by atoms with Crippen LogP contribution in [0.2, 0.25) is 5.02 Å². The third-order valence-corrected chi connectivity index (χ3v) is 5.06. The number of rotatable bonds is 3. The summed E-state index contributed by atoms with van der Waals surface area (Å²) in [6.07, 6.45) is 0.852. The molecule has 2 atom stereocenters. The molecule has 1 heterocycles. The number of nitrogens with one attached hydrogen (secondary N) is 1. The standard InChI is InChI=1S/C19H18ClNO3/c1-11-15(20)3-2-4-16(11)21-19(22)14-10-13(14)12-5-6-17-18(9-12)24-8-7-23-17/h2-6,9,13-14H,7-8,10H2,1H3,(H,21,22)/t13-,14+/m1/s1. The van der Waals surface area contributed by atoms with Crippen molar-refractivity contribution >= 4 is 23.2 Å². The Morgan fingerprint density at radius 1 is 1.17 bits per heavy atom. The average Bonchev–Trinajstić information content (AvgIpc) is 3.39. The fourth-order valence-electron chi connectivity index (χ4n) is 3.11. The van der Waals surface area contributed by atoms with Gasteiger partial charge < -0.3 is 14.8 Å². The number of fused-ring (bicyclic) bond motifs is 1. The number of carbonyl (C=O) groups is 1. The second-order valence-corrected chi connectivity index (χ2v) is 6.66. The van der Waals surface area contributed by atoms with Crippen LogP contribution in [0.4, 0.5) is 5.69 Å². The van der Waals surface area contributed by atoms with Crippen molar-refractivity contribution in [1.82, 2.24) is 0 Å². The van der Waals surface area contributed by atoms with Crippen LogP contribution >= 0.6 is 11.6 Å². The molecule has 0 spiro atoms. The van der Waals surface area contributed by atoms with E-state index in [-0.39, 0.29) is 17.7 Å². The van der Waals surface area contributed by atoms with Crippen LogP contribution in [-0.4, -0.2) is 19.1 Å². The Kier molecular flexibility index (Phi) is 3.85. The zero-order valence-electron chi connectivity index (χ0n) is 13.3. The summed E-state index contributed by atoms with van der Waals surface area (Å²) in [6.45, 7) is 3.06. The van der Waals surface area contributed by atoms with Crippen LogP contribution < -0.4 is 14.8 Å². The van der Waals surface area contributed by atoms with Crippen molar-refractivity contribution in [2.45, 2.75) is 19.3 Å². The second kappa shape index (κ2) is 6.02. The molecular formula is C19H18ClNO3. The van der Waals surface area contributed by atoms with Crippen LogP contribution in [0.1, 0.15) is 23.5 Å². The van der Waals surface area contributed by atoms with Crippen LogP contribution in [-0.2, 0) is 4.79 Å². The molecule has 1 N–H and O–H groups in total.